The standard InChI is InChI=1S/C23H27N5O/c29-23(24-17-19-9-11-21(12-10-19)28-16-6-13-26-28)25-18-22(27-14-4-5-15-27)20-7-2-1-3-8-20/h1-3,6-13,16,22H,4-5,14-15,17-18H2,(H2,24,25,29). The van der Waals surface area contributed by atoms with Gasteiger partial charge in [0.05, 0.1) is 11.7 Å². The maximum atomic E-state index is 12.4. The molecule has 2 N–H and O–H groups in total. The van der Waals surface area contributed by atoms with Gasteiger partial charge in [-0.2, -0.15) is 5.10 Å². The number of hydrogen-bond acceptors (Lipinski definition) is 3. The van der Waals surface area contributed by atoms with Crippen LogP contribution in [0.3, 0.4) is 0 Å². The maximum absolute atomic E-state index is 12.4. The van der Waals surface area contributed by atoms with Gasteiger partial charge in [0.2, 0.25) is 0 Å². The Morgan fingerprint density at radius 2 is 1.72 bits per heavy atom. The number of hydrogen-bond donors (Lipinski definition) is 2. The van der Waals surface area contributed by atoms with Crippen molar-refractivity contribution in [2.24, 2.45) is 0 Å². The zero-order valence-electron chi connectivity index (χ0n) is 16.5. The second kappa shape index (κ2) is 9.39. The van der Waals surface area contributed by atoms with Crippen molar-refractivity contribution >= 4 is 6.03 Å². The molecule has 150 valence electrons. The first kappa shape index (κ1) is 19.2. The number of amides is 2. The van der Waals surface area contributed by atoms with Gasteiger partial charge in [-0.1, -0.05) is 42.5 Å². The van der Waals surface area contributed by atoms with Crippen molar-refractivity contribution in [3.8, 4) is 5.69 Å². The molecule has 2 amide bonds. The Kier molecular flexibility index (Phi) is 6.22. The quantitative estimate of drug-likeness (QED) is 0.650. The monoisotopic (exact) mass is 389 g/mol. The molecule has 3 aromatic rings. The van der Waals surface area contributed by atoms with Crippen molar-refractivity contribution in [2.75, 3.05) is 19.6 Å². The molecule has 1 saturated heterocycles. The van der Waals surface area contributed by atoms with Crippen LogP contribution in [0, 0.1) is 0 Å². The van der Waals surface area contributed by atoms with E-state index in [0.717, 1.165) is 24.3 Å². The molecule has 1 aliphatic rings. The number of nitrogens with zero attached hydrogens (tertiary/aromatic N) is 3. The summed E-state index contributed by atoms with van der Waals surface area (Å²) in [5, 5.41) is 10.2. The van der Waals surface area contributed by atoms with E-state index in [9.17, 15) is 4.79 Å². The summed E-state index contributed by atoms with van der Waals surface area (Å²) < 4.78 is 1.81. The Morgan fingerprint density at radius 3 is 2.41 bits per heavy atom. The highest BCUT2D eigenvalue weighted by Gasteiger charge is 2.23. The van der Waals surface area contributed by atoms with Crippen LogP contribution in [0.15, 0.2) is 73.1 Å². The Bertz CT molecular complexity index is 887. The first-order chi connectivity index (χ1) is 14.3. The molecule has 2 heterocycles. The van der Waals surface area contributed by atoms with Gasteiger partial charge in [-0.3, -0.25) is 4.90 Å². The van der Waals surface area contributed by atoms with Crippen LogP contribution in [0.4, 0.5) is 4.79 Å². The summed E-state index contributed by atoms with van der Waals surface area (Å²) in [5.41, 5.74) is 3.30. The molecule has 1 aliphatic heterocycles. The fraction of sp³-hybridized carbons (Fsp3) is 0.304. The number of carbonyl (C=O) groups is 1. The summed E-state index contributed by atoms with van der Waals surface area (Å²) in [6, 6.07) is 20.4. The largest absolute Gasteiger partial charge is 0.336 e. The lowest BCUT2D eigenvalue weighted by Crippen LogP contribution is -2.41. The van der Waals surface area contributed by atoms with Crippen molar-refractivity contribution < 1.29 is 4.79 Å². The summed E-state index contributed by atoms with van der Waals surface area (Å²) >= 11 is 0. The molecule has 0 radical (unpaired) electrons. The smallest absolute Gasteiger partial charge is 0.315 e. The Morgan fingerprint density at radius 1 is 0.966 bits per heavy atom. The average molecular weight is 390 g/mol. The molecule has 1 unspecified atom stereocenters. The van der Waals surface area contributed by atoms with Crippen molar-refractivity contribution in [3.63, 3.8) is 0 Å². The van der Waals surface area contributed by atoms with Crippen LogP contribution < -0.4 is 10.6 Å². The van der Waals surface area contributed by atoms with E-state index in [1.807, 2.05) is 47.3 Å². The summed E-state index contributed by atoms with van der Waals surface area (Å²) in [5.74, 6) is 0. The van der Waals surface area contributed by atoms with E-state index >= 15 is 0 Å². The first-order valence-corrected chi connectivity index (χ1v) is 10.2. The fourth-order valence-corrected chi connectivity index (χ4v) is 3.81. The Hall–Kier alpha value is -3.12. The summed E-state index contributed by atoms with van der Waals surface area (Å²) in [7, 11) is 0. The second-order valence-corrected chi connectivity index (χ2v) is 7.35. The lowest BCUT2D eigenvalue weighted by Gasteiger charge is -2.28. The van der Waals surface area contributed by atoms with Crippen molar-refractivity contribution in [1.82, 2.24) is 25.3 Å². The van der Waals surface area contributed by atoms with Crippen LogP contribution in [0.2, 0.25) is 0 Å². The summed E-state index contributed by atoms with van der Waals surface area (Å²) in [4.78, 5) is 14.8. The molecule has 6 heteroatoms. The zero-order chi connectivity index (χ0) is 19.9. The van der Waals surface area contributed by atoms with Crippen molar-refractivity contribution in [3.05, 3.63) is 84.2 Å². The molecule has 0 spiro atoms. The second-order valence-electron chi connectivity index (χ2n) is 7.35. The Labute approximate surface area is 171 Å². The van der Waals surface area contributed by atoms with E-state index in [1.54, 1.807) is 6.20 Å². The van der Waals surface area contributed by atoms with Gasteiger partial charge >= 0.3 is 6.03 Å². The first-order valence-electron chi connectivity index (χ1n) is 10.2. The van der Waals surface area contributed by atoms with Gasteiger partial charge in [-0.25, -0.2) is 9.48 Å². The minimum Gasteiger partial charge on any atom is -0.336 e. The molecular weight excluding hydrogens is 362 g/mol. The zero-order valence-corrected chi connectivity index (χ0v) is 16.5. The summed E-state index contributed by atoms with van der Waals surface area (Å²) in [6.45, 7) is 3.27. The molecule has 29 heavy (non-hydrogen) atoms. The molecule has 0 aliphatic carbocycles. The normalized spacial score (nSPS) is 15.2. The SMILES string of the molecule is O=C(NCc1ccc(-n2cccn2)cc1)NCC(c1ccccc1)N1CCCC1. The third kappa shape index (κ3) is 5.03. The Balaban J connectivity index is 1.29. The third-order valence-corrected chi connectivity index (χ3v) is 5.38. The molecule has 6 nitrogen and oxygen atoms in total. The van der Waals surface area contributed by atoms with E-state index in [1.165, 1.54) is 18.4 Å². The minimum atomic E-state index is -0.138. The lowest BCUT2D eigenvalue weighted by molar-refractivity contribution is 0.220. The molecule has 1 atom stereocenters. The van der Waals surface area contributed by atoms with Gasteiger partial charge in [0.25, 0.3) is 0 Å². The topological polar surface area (TPSA) is 62.2 Å². The van der Waals surface area contributed by atoms with E-state index in [0.29, 0.717) is 13.1 Å². The van der Waals surface area contributed by atoms with Gasteiger partial charge in [-0.05, 0) is 55.3 Å². The van der Waals surface area contributed by atoms with E-state index in [4.69, 9.17) is 0 Å². The number of likely N-dealkylation sites (tertiary alicyclic amines) is 1. The molecular formula is C23H27N5O. The van der Waals surface area contributed by atoms with Crippen LogP contribution in [0.1, 0.15) is 30.0 Å². The molecule has 1 aromatic heterocycles. The van der Waals surface area contributed by atoms with Gasteiger partial charge in [0, 0.05) is 25.5 Å². The summed E-state index contributed by atoms with van der Waals surface area (Å²) in [6.07, 6.45) is 6.11. The molecule has 0 saturated carbocycles. The van der Waals surface area contributed by atoms with Crippen molar-refractivity contribution in [2.45, 2.75) is 25.4 Å². The van der Waals surface area contributed by atoms with E-state index in [2.05, 4.69) is 44.9 Å². The van der Waals surface area contributed by atoms with Crippen LogP contribution >= 0.6 is 0 Å². The highest BCUT2D eigenvalue weighted by molar-refractivity contribution is 5.73. The fourth-order valence-electron chi connectivity index (χ4n) is 3.81. The van der Waals surface area contributed by atoms with Crippen LogP contribution in [0.5, 0.6) is 0 Å². The number of nitrogens with one attached hydrogen (secondary N) is 2. The van der Waals surface area contributed by atoms with Crippen molar-refractivity contribution in [1.29, 1.82) is 0 Å². The van der Waals surface area contributed by atoms with Gasteiger partial charge in [0.1, 0.15) is 0 Å². The predicted molar refractivity (Wildman–Crippen MR) is 114 cm³/mol. The molecule has 2 aromatic carbocycles. The van der Waals surface area contributed by atoms with Gasteiger partial charge in [-0.15, -0.1) is 0 Å². The van der Waals surface area contributed by atoms with Crippen LogP contribution in [-0.4, -0.2) is 40.3 Å². The lowest BCUT2D eigenvalue weighted by atomic mass is 10.1. The number of rotatable bonds is 7. The number of aromatic nitrogens is 2. The number of urea groups is 1. The van der Waals surface area contributed by atoms with Crippen LogP contribution in [0.25, 0.3) is 5.69 Å². The van der Waals surface area contributed by atoms with Crippen LogP contribution in [-0.2, 0) is 6.54 Å². The average Bonchev–Trinajstić information content (AvgIpc) is 3.48. The van der Waals surface area contributed by atoms with E-state index in [-0.39, 0.29) is 12.1 Å². The minimum absolute atomic E-state index is 0.138. The number of carbonyl (C=O) groups excluding carboxylic acids is 1. The molecule has 0 bridgehead atoms. The molecule has 1 fully saturated rings. The number of benzene rings is 2. The van der Waals surface area contributed by atoms with E-state index < -0.39 is 0 Å². The predicted octanol–water partition coefficient (Wildman–Crippen LogP) is 3.51. The highest BCUT2D eigenvalue weighted by Crippen LogP contribution is 2.24. The van der Waals surface area contributed by atoms with Gasteiger partial charge < -0.3 is 10.6 Å². The highest BCUT2D eigenvalue weighted by atomic mass is 16.2. The maximum Gasteiger partial charge on any atom is 0.315 e. The third-order valence-electron chi connectivity index (χ3n) is 5.38. The molecule has 4 rings (SSSR count). The van der Waals surface area contributed by atoms with Gasteiger partial charge in [0.15, 0.2) is 0 Å².